The molecule has 1 amide bonds. The van der Waals surface area contributed by atoms with Crippen molar-refractivity contribution >= 4 is 31.2 Å². The zero-order chi connectivity index (χ0) is 25.0. The zero-order valence-electron chi connectivity index (χ0n) is 19.0. The van der Waals surface area contributed by atoms with Crippen LogP contribution in [0.1, 0.15) is 43.6 Å². The van der Waals surface area contributed by atoms with Crippen molar-refractivity contribution in [3.05, 3.63) is 41.9 Å². The number of nitrogens with one attached hydrogen (secondary N) is 2. The number of aromatic nitrogens is 4. The van der Waals surface area contributed by atoms with E-state index in [9.17, 15) is 9.18 Å². The van der Waals surface area contributed by atoms with E-state index in [0.29, 0.717) is 28.1 Å². The van der Waals surface area contributed by atoms with E-state index in [-0.39, 0.29) is 11.6 Å². The molecule has 0 fully saturated rings. The molecule has 0 aliphatic carbocycles. The van der Waals surface area contributed by atoms with Crippen LogP contribution in [0, 0.1) is 11.3 Å². The first-order valence-corrected chi connectivity index (χ1v) is 11.5. The van der Waals surface area contributed by atoms with Crippen LogP contribution in [0.2, 0.25) is 0 Å². The molecular weight excluding hydrogens is 464 g/mol. The van der Waals surface area contributed by atoms with Crippen LogP contribution in [-0.2, 0) is 4.52 Å². The molecule has 1 atom stereocenters. The molecule has 180 valence electrons. The summed E-state index contributed by atoms with van der Waals surface area (Å²) in [6, 6.07) is 5.30. The van der Waals surface area contributed by atoms with Gasteiger partial charge >= 0.3 is 8.60 Å². The highest BCUT2D eigenvalue weighted by molar-refractivity contribution is 7.39. The van der Waals surface area contributed by atoms with Gasteiger partial charge in [-0.3, -0.25) is 4.79 Å². The number of fused-ring (bicyclic) bond motifs is 1. The molecule has 3 heterocycles. The van der Waals surface area contributed by atoms with Gasteiger partial charge in [0.1, 0.15) is 17.8 Å². The molecule has 4 N–H and O–H groups in total. The predicted octanol–water partition coefficient (Wildman–Crippen LogP) is 2.58. The standard InChI is InChI=1S/C21H25FN7O4P/c1-12(2)28-16-6-18(29-19-14(9-27-29)5-13(7-23)8-25-19)24-10-15(16)20(30)26-11-17(22)21(3,4)33-34(31)32/h5-6,8-10,12,17,31-32H,11H2,1-4H3,(H,24,28)(H,26,30). The van der Waals surface area contributed by atoms with Gasteiger partial charge in [-0.05, 0) is 33.8 Å². The second-order valence-electron chi connectivity index (χ2n) is 8.32. The van der Waals surface area contributed by atoms with Gasteiger partial charge in [-0.25, -0.2) is 14.4 Å². The Bertz CT molecular complexity index is 1230. The monoisotopic (exact) mass is 489 g/mol. The molecule has 13 heteroatoms. The molecule has 11 nitrogen and oxygen atoms in total. The Balaban J connectivity index is 1.86. The number of pyridine rings is 2. The quantitative estimate of drug-likeness (QED) is 0.332. The van der Waals surface area contributed by atoms with Gasteiger partial charge < -0.3 is 24.9 Å². The van der Waals surface area contributed by atoms with Crippen molar-refractivity contribution in [3.63, 3.8) is 0 Å². The fourth-order valence-corrected chi connectivity index (χ4v) is 3.65. The molecule has 0 aliphatic heterocycles. The molecule has 0 bridgehead atoms. The third-order valence-electron chi connectivity index (χ3n) is 4.85. The zero-order valence-corrected chi connectivity index (χ0v) is 19.9. The highest BCUT2D eigenvalue weighted by Crippen LogP contribution is 2.35. The first-order chi connectivity index (χ1) is 16.0. The molecule has 34 heavy (non-hydrogen) atoms. The van der Waals surface area contributed by atoms with Crippen molar-refractivity contribution in [2.75, 3.05) is 11.9 Å². The fourth-order valence-electron chi connectivity index (χ4n) is 3.11. The predicted molar refractivity (Wildman–Crippen MR) is 124 cm³/mol. The highest BCUT2D eigenvalue weighted by Gasteiger charge is 2.34. The van der Waals surface area contributed by atoms with E-state index in [1.807, 2.05) is 19.9 Å². The first kappa shape index (κ1) is 25.4. The SMILES string of the molecule is CC(C)Nc1cc(-n2ncc3cc(C#N)cnc32)ncc1C(=O)NCC(F)C(C)(C)OP(O)O. The summed E-state index contributed by atoms with van der Waals surface area (Å²) in [7, 11) is -2.75. The minimum atomic E-state index is -2.75. The number of carbonyl (C=O) groups excluding carboxylic acids is 1. The number of rotatable bonds is 9. The van der Waals surface area contributed by atoms with Crippen LogP contribution in [0.25, 0.3) is 16.9 Å². The summed E-state index contributed by atoms with van der Waals surface area (Å²) in [6.45, 7) is 6.10. The first-order valence-electron chi connectivity index (χ1n) is 10.3. The number of hydrogen-bond acceptors (Lipinski definition) is 9. The number of hydrogen-bond donors (Lipinski definition) is 4. The van der Waals surface area contributed by atoms with E-state index in [0.717, 1.165) is 0 Å². The molecular formula is C21H25FN7O4P. The van der Waals surface area contributed by atoms with Crippen molar-refractivity contribution < 1.29 is 23.5 Å². The molecule has 3 aromatic heterocycles. The minimum Gasteiger partial charge on any atom is -0.382 e. The summed E-state index contributed by atoms with van der Waals surface area (Å²) in [6.07, 6.45) is 2.65. The summed E-state index contributed by atoms with van der Waals surface area (Å²) < 4.78 is 20.9. The summed E-state index contributed by atoms with van der Waals surface area (Å²) in [4.78, 5) is 39.5. The number of carbonyl (C=O) groups is 1. The van der Waals surface area contributed by atoms with Crippen molar-refractivity contribution in [2.24, 2.45) is 0 Å². The maximum absolute atomic E-state index is 14.6. The second-order valence-corrected chi connectivity index (χ2v) is 9.01. The summed E-state index contributed by atoms with van der Waals surface area (Å²) in [5.41, 5.74) is 0.0300. The number of amides is 1. The Hall–Kier alpha value is -3.23. The van der Waals surface area contributed by atoms with Gasteiger partial charge in [0, 0.05) is 29.9 Å². The molecule has 0 saturated carbocycles. The number of nitrogens with zero attached hydrogens (tertiary/aromatic N) is 5. The Morgan fingerprint density at radius 2 is 2.03 bits per heavy atom. The van der Waals surface area contributed by atoms with Crippen LogP contribution in [-0.4, -0.2) is 59.8 Å². The summed E-state index contributed by atoms with van der Waals surface area (Å²) >= 11 is 0. The summed E-state index contributed by atoms with van der Waals surface area (Å²) in [5.74, 6) is -0.179. The third kappa shape index (κ3) is 5.81. The topological polar surface area (TPSA) is 158 Å². The Morgan fingerprint density at radius 3 is 2.68 bits per heavy atom. The van der Waals surface area contributed by atoms with Gasteiger partial charge in [-0.2, -0.15) is 15.0 Å². The Morgan fingerprint density at radius 1 is 1.29 bits per heavy atom. The average Bonchev–Trinajstić information content (AvgIpc) is 3.19. The lowest BCUT2D eigenvalue weighted by Gasteiger charge is -2.28. The van der Waals surface area contributed by atoms with Crippen LogP contribution in [0.5, 0.6) is 0 Å². The molecule has 0 radical (unpaired) electrons. The summed E-state index contributed by atoms with van der Waals surface area (Å²) in [5, 5.41) is 19.7. The lowest BCUT2D eigenvalue weighted by Crippen LogP contribution is -2.43. The Labute approximate surface area is 196 Å². The van der Waals surface area contributed by atoms with E-state index < -0.39 is 32.8 Å². The average molecular weight is 489 g/mol. The van der Waals surface area contributed by atoms with Crippen molar-refractivity contribution in [1.29, 1.82) is 5.26 Å². The maximum Gasteiger partial charge on any atom is 0.327 e. The van der Waals surface area contributed by atoms with Crippen LogP contribution in [0.3, 0.4) is 0 Å². The number of anilines is 1. The van der Waals surface area contributed by atoms with Gasteiger partial charge in [0.2, 0.25) is 0 Å². The van der Waals surface area contributed by atoms with Crippen LogP contribution >= 0.6 is 8.60 Å². The van der Waals surface area contributed by atoms with E-state index in [1.165, 1.54) is 30.9 Å². The maximum atomic E-state index is 14.6. The van der Waals surface area contributed by atoms with Gasteiger partial charge in [-0.1, -0.05) is 0 Å². The molecule has 1 unspecified atom stereocenters. The third-order valence-corrected chi connectivity index (χ3v) is 5.48. The largest absolute Gasteiger partial charge is 0.382 e. The van der Waals surface area contributed by atoms with Crippen LogP contribution < -0.4 is 10.6 Å². The van der Waals surface area contributed by atoms with Crippen molar-refractivity contribution in [3.8, 4) is 11.9 Å². The van der Waals surface area contributed by atoms with Crippen LogP contribution in [0.15, 0.2) is 30.7 Å². The molecule has 3 rings (SSSR count). The van der Waals surface area contributed by atoms with E-state index in [4.69, 9.17) is 19.6 Å². The Kier molecular flexibility index (Phi) is 7.74. The molecule has 0 spiro atoms. The highest BCUT2D eigenvalue weighted by atomic mass is 31.2. The number of alkyl halides is 1. The number of nitriles is 1. The lowest BCUT2D eigenvalue weighted by atomic mass is 10.0. The van der Waals surface area contributed by atoms with Gasteiger partial charge in [0.25, 0.3) is 5.91 Å². The smallest absolute Gasteiger partial charge is 0.327 e. The van der Waals surface area contributed by atoms with Crippen molar-refractivity contribution in [1.82, 2.24) is 25.1 Å². The van der Waals surface area contributed by atoms with E-state index in [2.05, 4.69) is 25.7 Å². The normalized spacial score (nSPS) is 12.7. The van der Waals surface area contributed by atoms with Crippen LogP contribution in [0.4, 0.5) is 10.1 Å². The second kappa shape index (κ2) is 10.4. The molecule has 0 aliphatic rings. The van der Waals surface area contributed by atoms with Crippen molar-refractivity contribution in [2.45, 2.75) is 45.5 Å². The number of halogens is 1. The van der Waals surface area contributed by atoms with Gasteiger partial charge in [-0.15, -0.1) is 0 Å². The molecule has 0 aromatic carbocycles. The minimum absolute atomic E-state index is 0.0258. The molecule has 3 aromatic rings. The molecule has 0 saturated heterocycles. The van der Waals surface area contributed by atoms with Gasteiger partial charge in [0.05, 0.1) is 29.6 Å². The van der Waals surface area contributed by atoms with Gasteiger partial charge in [0.15, 0.2) is 11.5 Å². The lowest BCUT2D eigenvalue weighted by molar-refractivity contribution is 0.0117. The fraction of sp³-hybridized carbons (Fsp3) is 0.381. The van der Waals surface area contributed by atoms with E-state index in [1.54, 1.807) is 18.3 Å². The van der Waals surface area contributed by atoms with E-state index >= 15 is 0 Å².